The van der Waals surface area contributed by atoms with Crippen molar-refractivity contribution in [1.29, 1.82) is 0 Å². The maximum absolute atomic E-state index is 11.5. The summed E-state index contributed by atoms with van der Waals surface area (Å²) in [7, 11) is 1.86. The fourth-order valence-corrected chi connectivity index (χ4v) is 1.33. The van der Waals surface area contributed by atoms with Crippen molar-refractivity contribution in [1.82, 2.24) is 5.32 Å². The Morgan fingerprint density at radius 1 is 1.43 bits per heavy atom. The van der Waals surface area contributed by atoms with Crippen LogP contribution in [0, 0.1) is 6.92 Å². The maximum atomic E-state index is 11.5. The predicted octanol–water partition coefficient (Wildman–Crippen LogP) is 1.79. The van der Waals surface area contributed by atoms with Gasteiger partial charge >= 0.3 is 0 Å². The molecule has 2 N–H and O–H groups in total. The number of aryl methyl sites for hydroxylation is 1. The molecule has 3 nitrogen and oxygen atoms in total. The molecule has 0 aliphatic heterocycles. The first-order valence-corrected chi connectivity index (χ1v) is 4.75. The van der Waals surface area contributed by atoms with Gasteiger partial charge in [-0.25, -0.2) is 0 Å². The molecule has 0 fully saturated rings. The number of hydrogen-bond donors (Lipinski definition) is 2. The van der Waals surface area contributed by atoms with Gasteiger partial charge in [-0.05, 0) is 37.6 Å². The number of carbonyl (C=O) groups is 1. The van der Waals surface area contributed by atoms with Crippen LogP contribution in [0.15, 0.2) is 18.2 Å². The van der Waals surface area contributed by atoms with Crippen LogP contribution in [0.25, 0.3) is 0 Å². The number of hydrogen-bond acceptors (Lipinski definition) is 2. The summed E-state index contributed by atoms with van der Waals surface area (Å²) >= 11 is 0. The average Bonchev–Trinajstić information content (AvgIpc) is 2.17. The van der Waals surface area contributed by atoms with Gasteiger partial charge in [-0.1, -0.05) is 0 Å². The summed E-state index contributed by atoms with van der Waals surface area (Å²) in [4.78, 5) is 11.5. The smallest absolute Gasteiger partial charge is 0.251 e. The van der Waals surface area contributed by atoms with E-state index in [4.69, 9.17) is 0 Å². The van der Waals surface area contributed by atoms with E-state index in [0.29, 0.717) is 6.54 Å². The van der Waals surface area contributed by atoms with Crippen LogP contribution in [-0.2, 0) is 0 Å². The molecule has 0 atom stereocenters. The Hall–Kier alpha value is -1.51. The number of rotatable bonds is 3. The Balaban J connectivity index is 2.94. The van der Waals surface area contributed by atoms with Crippen molar-refractivity contribution in [2.75, 3.05) is 18.9 Å². The topological polar surface area (TPSA) is 41.1 Å². The monoisotopic (exact) mass is 192 g/mol. The summed E-state index contributed by atoms with van der Waals surface area (Å²) in [6, 6.07) is 5.70. The lowest BCUT2D eigenvalue weighted by molar-refractivity contribution is 0.0955. The molecule has 1 rings (SSSR count). The standard InChI is InChI=1S/C11H16N2O/c1-4-13-11(14)10-6-5-9(12-3)7-8(10)2/h5-7,12H,4H2,1-3H3,(H,13,14). The zero-order valence-corrected chi connectivity index (χ0v) is 8.85. The van der Waals surface area contributed by atoms with Gasteiger partial charge in [0.2, 0.25) is 0 Å². The van der Waals surface area contributed by atoms with E-state index in [1.807, 2.05) is 39.1 Å². The van der Waals surface area contributed by atoms with Crippen LogP contribution in [0.1, 0.15) is 22.8 Å². The van der Waals surface area contributed by atoms with Crippen LogP contribution in [0.3, 0.4) is 0 Å². The van der Waals surface area contributed by atoms with Crippen molar-refractivity contribution in [2.24, 2.45) is 0 Å². The van der Waals surface area contributed by atoms with Gasteiger partial charge in [0.05, 0.1) is 0 Å². The Bertz CT molecular complexity index is 334. The zero-order valence-electron chi connectivity index (χ0n) is 8.85. The van der Waals surface area contributed by atoms with Gasteiger partial charge in [0.25, 0.3) is 5.91 Å². The highest BCUT2D eigenvalue weighted by atomic mass is 16.1. The highest BCUT2D eigenvalue weighted by Crippen LogP contribution is 2.14. The van der Waals surface area contributed by atoms with Gasteiger partial charge < -0.3 is 10.6 Å². The lowest BCUT2D eigenvalue weighted by atomic mass is 10.1. The number of amides is 1. The first-order valence-electron chi connectivity index (χ1n) is 4.75. The van der Waals surface area contributed by atoms with Gasteiger partial charge in [0.15, 0.2) is 0 Å². The lowest BCUT2D eigenvalue weighted by Crippen LogP contribution is -2.23. The summed E-state index contributed by atoms with van der Waals surface area (Å²) < 4.78 is 0. The molecular formula is C11H16N2O. The molecule has 0 aliphatic carbocycles. The summed E-state index contributed by atoms with van der Waals surface area (Å²) in [6.45, 7) is 4.51. The van der Waals surface area contributed by atoms with E-state index in [9.17, 15) is 4.79 Å². The molecule has 1 amide bonds. The molecule has 1 aromatic carbocycles. The van der Waals surface area contributed by atoms with E-state index < -0.39 is 0 Å². The van der Waals surface area contributed by atoms with Crippen LogP contribution in [0.2, 0.25) is 0 Å². The normalized spacial score (nSPS) is 9.64. The highest BCUT2D eigenvalue weighted by Gasteiger charge is 2.07. The van der Waals surface area contributed by atoms with Crippen molar-refractivity contribution in [2.45, 2.75) is 13.8 Å². The van der Waals surface area contributed by atoms with E-state index >= 15 is 0 Å². The Kier molecular flexibility index (Phi) is 3.51. The summed E-state index contributed by atoms with van der Waals surface area (Å²) in [6.07, 6.45) is 0. The van der Waals surface area contributed by atoms with E-state index in [2.05, 4.69) is 10.6 Å². The quantitative estimate of drug-likeness (QED) is 0.766. The molecule has 14 heavy (non-hydrogen) atoms. The third kappa shape index (κ3) is 2.25. The molecule has 0 radical (unpaired) electrons. The zero-order chi connectivity index (χ0) is 10.6. The van der Waals surface area contributed by atoms with Gasteiger partial charge in [-0.15, -0.1) is 0 Å². The molecule has 0 aliphatic rings. The second kappa shape index (κ2) is 4.65. The van der Waals surface area contributed by atoms with Crippen molar-refractivity contribution in [3.63, 3.8) is 0 Å². The largest absolute Gasteiger partial charge is 0.388 e. The molecule has 0 unspecified atom stereocenters. The van der Waals surface area contributed by atoms with E-state index in [-0.39, 0.29) is 5.91 Å². The SMILES string of the molecule is CCNC(=O)c1ccc(NC)cc1C. The van der Waals surface area contributed by atoms with Crippen molar-refractivity contribution >= 4 is 11.6 Å². The minimum absolute atomic E-state index is 0.00680. The van der Waals surface area contributed by atoms with E-state index in [0.717, 1.165) is 16.8 Å². The number of anilines is 1. The van der Waals surface area contributed by atoms with Crippen LogP contribution in [-0.4, -0.2) is 19.5 Å². The number of carbonyl (C=O) groups excluding carboxylic acids is 1. The Labute approximate surface area is 84.5 Å². The third-order valence-electron chi connectivity index (χ3n) is 2.10. The minimum Gasteiger partial charge on any atom is -0.388 e. The fraction of sp³-hybridized carbons (Fsp3) is 0.364. The molecule has 0 saturated heterocycles. The highest BCUT2D eigenvalue weighted by molar-refractivity contribution is 5.96. The van der Waals surface area contributed by atoms with Crippen molar-refractivity contribution < 1.29 is 4.79 Å². The molecular weight excluding hydrogens is 176 g/mol. The predicted molar refractivity (Wildman–Crippen MR) is 58.7 cm³/mol. The van der Waals surface area contributed by atoms with Gasteiger partial charge in [0, 0.05) is 24.8 Å². The minimum atomic E-state index is -0.00680. The second-order valence-electron chi connectivity index (χ2n) is 3.14. The molecule has 0 bridgehead atoms. The first-order chi connectivity index (χ1) is 6.69. The summed E-state index contributed by atoms with van der Waals surface area (Å²) in [5, 5.41) is 5.81. The summed E-state index contributed by atoms with van der Waals surface area (Å²) in [5.74, 6) is -0.00680. The third-order valence-corrected chi connectivity index (χ3v) is 2.10. The fourth-order valence-electron chi connectivity index (χ4n) is 1.33. The van der Waals surface area contributed by atoms with Crippen molar-refractivity contribution in [3.8, 4) is 0 Å². The molecule has 0 saturated carbocycles. The molecule has 0 spiro atoms. The van der Waals surface area contributed by atoms with Gasteiger partial charge in [0.1, 0.15) is 0 Å². The van der Waals surface area contributed by atoms with Crippen LogP contribution < -0.4 is 10.6 Å². The average molecular weight is 192 g/mol. The van der Waals surface area contributed by atoms with E-state index in [1.54, 1.807) is 0 Å². The second-order valence-corrected chi connectivity index (χ2v) is 3.14. The first kappa shape index (κ1) is 10.6. The molecule has 0 aromatic heterocycles. The van der Waals surface area contributed by atoms with Crippen molar-refractivity contribution in [3.05, 3.63) is 29.3 Å². The van der Waals surface area contributed by atoms with Gasteiger partial charge in [-0.3, -0.25) is 4.79 Å². The summed E-state index contributed by atoms with van der Waals surface area (Å²) in [5.41, 5.74) is 2.75. The Morgan fingerprint density at radius 3 is 2.64 bits per heavy atom. The molecule has 3 heteroatoms. The van der Waals surface area contributed by atoms with Crippen LogP contribution >= 0.6 is 0 Å². The maximum Gasteiger partial charge on any atom is 0.251 e. The van der Waals surface area contributed by atoms with Crippen LogP contribution in [0.5, 0.6) is 0 Å². The molecule has 76 valence electrons. The lowest BCUT2D eigenvalue weighted by Gasteiger charge is -2.07. The number of nitrogens with one attached hydrogen (secondary N) is 2. The van der Waals surface area contributed by atoms with Gasteiger partial charge in [-0.2, -0.15) is 0 Å². The molecule has 0 heterocycles. The van der Waals surface area contributed by atoms with E-state index in [1.165, 1.54) is 0 Å². The van der Waals surface area contributed by atoms with Crippen LogP contribution in [0.4, 0.5) is 5.69 Å². The molecule has 1 aromatic rings. The number of benzene rings is 1. The Morgan fingerprint density at radius 2 is 2.14 bits per heavy atom.